The van der Waals surface area contributed by atoms with Crippen molar-refractivity contribution < 1.29 is 9.59 Å². The molecule has 1 rings (SSSR count). The molecule has 0 aliphatic rings. The lowest BCUT2D eigenvalue weighted by atomic mass is 10.3. The van der Waals surface area contributed by atoms with Crippen LogP contribution in [0.5, 0.6) is 0 Å². The fourth-order valence-corrected chi connectivity index (χ4v) is 1.87. The fraction of sp³-hybridized carbons (Fsp3) is 0.364. The summed E-state index contributed by atoms with van der Waals surface area (Å²) in [6.45, 7) is 0.639. The molecule has 0 bridgehead atoms. The first kappa shape index (κ1) is 11.9. The molecular weight excluding hydrogens is 210 g/mol. The van der Waals surface area contributed by atoms with Crippen LogP contribution >= 0.6 is 10.5 Å². The molecule has 0 N–H and O–H groups in total. The fourth-order valence-electron chi connectivity index (χ4n) is 1.23. The third kappa shape index (κ3) is 4.25. The number of carbonyl (C=O) groups excluding carboxylic acids is 2. The lowest BCUT2D eigenvalue weighted by Crippen LogP contribution is -2.05. The van der Waals surface area contributed by atoms with E-state index in [2.05, 4.69) is 0 Å². The maximum absolute atomic E-state index is 11.4. The standard InChI is InChI=1S/C11H15NO2S/c1-15(2)9-11(14)4-6-12-5-3-10(7-12)8-13/h3,5,7-9H,4,6H2,1-2H3. The number of carbonyl (C=O) groups is 2. The van der Waals surface area contributed by atoms with Gasteiger partial charge in [-0.05, 0) is 18.6 Å². The Morgan fingerprint density at radius 2 is 2.27 bits per heavy atom. The number of rotatable bonds is 5. The van der Waals surface area contributed by atoms with Crippen LogP contribution in [0, 0.1) is 0 Å². The van der Waals surface area contributed by atoms with Gasteiger partial charge in [0.2, 0.25) is 0 Å². The van der Waals surface area contributed by atoms with Crippen molar-refractivity contribution in [1.29, 1.82) is 0 Å². The second kappa shape index (κ2) is 5.66. The summed E-state index contributed by atoms with van der Waals surface area (Å²) in [5.74, 6) is 0.171. The van der Waals surface area contributed by atoms with E-state index in [1.807, 2.05) is 23.3 Å². The average Bonchev–Trinajstić information content (AvgIpc) is 2.61. The van der Waals surface area contributed by atoms with Crippen molar-refractivity contribution in [2.75, 3.05) is 12.5 Å². The zero-order valence-electron chi connectivity index (χ0n) is 8.97. The van der Waals surface area contributed by atoms with E-state index in [-0.39, 0.29) is 16.3 Å². The van der Waals surface area contributed by atoms with Crippen LogP contribution in [0.1, 0.15) is 16.8 Å². The molecular formula is C11H15NO2S. The van der Waals surface area contributed by atoms with E-state index < -0.39 is 0 Å². The Morgan fingerprint density at radius 1 is 1.53 bits per heavy atom. The van der Waals surface area contributed by atoms with Gasteiger partial charge in [0.25, 0.3) is 0 Å². The van der Waals surface area contributed by atoms with Gasteiger partial charge in [0.15, 0.2) is 12.1 Å². The molecule has 0 radical (unpaired) electrons. The Morgan fingerprint density at radius 3 is 2.80 bits per heavy atom. The van der Waals surface area contributed by atoms with Crippen LogP contribution in [0.3, 0.4) is 0 Å². The maximum Gasteiger partial charge on any atom is 0.162 e. The Balaban J connectivity index is 2.47. The lowest BCUT2D eigenvalue weighted by Gasteiger charge is -1.99. The monoisotopic (exact) mass is 225 g/mol. The summed E-state index contributed by atoms with van der Waals surface area (Å²) in [4.78, 5) is 21.8. The van der Waals surface area contributed by atoms with Gasteiger partial charge in [-0.3, -0.25) is 9.59 Å². The summed E-state index contributed by atoms with van der Waals surface area (Å²) < 4.78 is 1.86. The molecule has 0 fully saturated rings. The van der Waals surface area contributed by atoms with E-state index in [1.165, 1.54) is 0 Å². The van der Waals surface area contributed by atoms with Crippen molar-refractivity contribution in [3.8, 4) is 0 Å². The van der Waals surface area contributed by atoms with Crippen molar-refractivity contribution in [3.63, 3.8) is 0 Å². The minimum Gasteiger partial charge on any atom is -0.353 e. The van der Waals surface area contributed by atoms with E-state index in [9.17, 15) is 9.59 Å². The Bertz CT molecular complexity index is 389. The van der Waals surface area contributed by atoms with E-state index >= 15 is 0 Å². The summed E-state index contributed by atoms with van der Waals surface area (Å²) in [7, 11) is 0.0601. The Kier molecular flexibility index (Phi) is 4.49. The molecule has 1 heterocycles. The number of aldehydes is 1. The molecule has 0 aliphatic heterocycles. The smallest absolute Gasteiger partial charge is 0.162 e. The summed E-state index contributed by atoms with van der Waals surface area (Å²) >= 11 is 0. The Labute approximate surface area is 92.0 Å². The van der Waals surface area contributed by atoms with Crippen molar-refractivity contribution in [2.24, 2.45) is 0 Å². The van der Waals surface area contributed by atoms with Crippen LogP contribution < -0.4 is 0 Å². The summed E-state index contributed by atoms with van der Waals surface area (Å²) in [6, 6.07) is 1.74. The molecule has 82 valence electrons. The highest BCUT2D eigenvalue weighted by Gasteiger charge is 1.99. The summed E-state index contributed by atoms with van der Waals surface area (Å²) in [5.41, 5.74) is 0.650. The molecule has 0 spiro atoms. The molecule has 4 heteroatoms. The van der Waals surface area contributed by atoms with E-state index in [1.54, 1.807) is 17.6 Å². The second-order valence-electron chi connectivity index (χ2n) is 3.51. The van der Waals surface area contributed by atoms with Gasteiger partial charge in [0, 0.05) is 36.3 Å². The van der Waals surface area contributed by atoms with Gasteiger partial charge in [-0.1, -0.05) is 0 Å². The van der Waals surface area contributed by atoms with Crippen molar-refractivity contribution in [2.45, 2.75) is 13.0 Å². The van der Waals surface area contributed by atoms with Crippen molar-refractivity contribution in [1.82, 2.24) is 4.57 Å². The predicted molar refractivity (Wildman–Crippen MR) is 64.9 cm³/mol. The molecule has 0 amide bonds. The number of ketones is 1. The summed E-state index contributed by atoms with van der Waals surface area (Å²) in [5, 5.41) is 1.75. The van der Waals surface area contributed by atoms with E-state index in [0.717, 1.165) is 6.29 Å². The number of nitrogens with zero attached hydrogens (tertiary/aromatic N) is 1. The summed E-state index contributed by atoms with van der Waals surface area (Å²) in [6.07, 6.45) is 8.89. The van der Waals surface area contributed by atoms with Gasteiger partial charge in [0.05, 0.1) is 0 Å². The largest absolute Gasteiger partial charge is 0.353 e. The van der Waals surface area contributed by atoms with Gasteiger partial charge in [-0.25, -0.2) is 0 Å². The zero-order chi connectivity index (χ0) is 11.3. The molecule has 0 aromatic carbocycles. The Hall–Kier alpha value is -1.16. The maximum atomic E-state index is 11.4. The van der Waals surface area contributed by atoms with Crippen LogP contribution in [0.25, 0.3) is 0 Å². The molecule has 1 aromatic rings. The highest BCUT2D eigenvalue weighted by atomic mass is 32.2. The van der Waals surface area contributed by atoms with Gasteiger partial charge in [-0.15, -0.1) is 0 Å². The highest BCUT2D eigenvalue weighted by Crippen LogP contribution is 2.01. The first-order valence-corrected chi connectivity index (χ1v) is 6.77. The van der Waals surface area contributed by atoms with Gasteiger partial charge in [-0.2, -0.15) is 10.5 Å². The van der Waals surface area contributed by atoms with Gasteiger partial charge < -0.3 is 4.57 Å². The first-order chi connectivity index (χ1) is 7.11. The normalized spacial score (nSPS) is 10.3. The first-order valence-electron chi connectivity index (χ1n) is 4.67. The number of aryl methyl sites for hydroxylation is 1. The highest BCUT2D eigenvalue weighted by molar-refractivity contribution is 8.14. The van der Waals surface area contributed by atoms with Crippen LogP contribution in [-0.4, -0.2) is 34.5 Å². The van der Waals surface area contributed by atoms with Crippen LogP contribution in [0.4, 0.5) is 0 Å². The minimum atomic E-state index is 0.0601. The average molecular weight is 225 g/mol. The quantitative estimate of drug-likeness (QED) is 0.564. The molecule has 15 heavy (non-hydrogen) atoms. The lowest BCUT2D eigenvalue weighted by molar-refractivity contribution is -0.112. The molecule has 1 aromatic heterocycles. The van der Waals surface area contributed by atoms with Crippen molar-refractivity contribution >= 4 is 27.9 Å². The van der Waals surface area contributed by atoms with Crippen LogP contribution in [0.15, 0.2) is 18.5 Å². The number of hydrogen-bond acceptors (Lipinski definition) is 2. The number of aromatic nitrogens is 1. The van der Waals surface area contributed by atoms with Gasteiger partial charge in [0.1, 0.15) is 0 Å². The predicted octanol–water partition coefficient (Wildman–Crippen LogP) is 1.59. The second-order valence-corrected chi connectivity index (χ2v) is 5.51. The zero-order valence-corrected chi connectivity index (χ0v) is 9.79. The molecule has 0 atom stereocenters. The molecule has 0 saturated carbocycles. The third-order valence-electron chi connectivity index (χ3n) is 1.89. The SMILES string of the molecule is CS(C)=CC(=O)CCn1ccc(C=O)c1. The van der Waals surface area contributed by atoms with Gasteiger partial charge >= 0.3 is 0 Å². The van der Waals surface area contributed by atoms with E-state index in [0.29, 0.717) is 18.5 Å². The number of hydrogen-bond donors (Lipinski definition) is 0. The molecule has 0 unspecified atom stereocenters. The number of Topliss-reactive ketones (excluding diaryl/α,β-unsaturated/α-hetero) is 1. The molecule has 3 nitrogen and oxygen atoms in total. The van der Waals surface area contributed by atoms with Crippen molar-refractivity contribution in [3.05, 3.63) is 24.0 Å². The minimum absolute atomic E-state index is 0.0601. The van der Waals surface area contributed by atoms with Crippen LogP contribution in [0.2, 0.25) is 0 Å². The molecule has 0 saturated heterocycles. The van der Waals surface area contributed by atoms with Crippen LogP contribution in [-0.2, 0) is 11.3 Å². The third-order valence-corrected chi connectivity index (χ3v) is 2.63. The topological polar surface area (TPSA) is 39.1 Å². The molecule has 0 aliphatic carbocycles. The van der Waals surface area contributed by atoms with E-state index in [4.69, 9.17) is 0 Å².